The quantitative estimate of drug-likeness (QED) is 0.774. The molecule has 2 rings (SSSR count). The molecule has 13 heavy (non-hydrogen) atoms. The Hall–Kier alpha value is -0.600. The zero-order chi connectivity index (χ0) is 9.42. The van der Waals surface area contributed by atoms with E-state index in [1.807, 2.05) is 0 Å². The molecule has 4 heteroatoms. The summed E-state index contributed by atoms with van der Waals surface area (Å²) >= 11 is 11.7. The number of hydrogen-bond acceptors (Lipinski definition) is 2. The van der Waals surface area contributed by atoms with Gasteiger partial charge in [-0.1, -0.05) is 23.2 Å². The molecule has 0 atom stereocenters. The maximum absolute atomic E-state index is 5.91. The van der Waals surface area contributed by atoms with Gasteiger partial charge in [-0.05, 0) is 18.9 Å². The number of benzene rings is 1. The second-order valence-electron chi connectivity index (χ2n) is 3.12. The standard InChI is InChI=1S/C9H9Cl2NO/c10-6-3-7(11)9(4-8(6)12)13-5-1-2-5/h3-5H,1-2,12H2. The summed E-state index contributed by atoms with van der Waals surface area (Å²) in [4.78, 5) is 0. The second kappa shape index (κ2) is 3.28. The van der Waals surface area contributed by atoms with Crippen molar-refractivity contribution < 1.29 is 4.74 Å². The predicted molar refractivity (Wildman–Crippen MR) is 54.5 cm³/mol. The Bertz CT molecular complexity index is 337. The Labute approximate surface area is 86.6 Å². The van der Waals surface area contributed by atoms with Crippen LogP contribution in [0.4, 0.5) is 5.69 Å². The lowest BCUT2D eigenvalue weighted by Gasteiger charge is -2.08. The van der Waals surface area contributed by atoms with E-state index in [4.69, 9.17) is 33.7 Å². The summed E-state index contributed by atoms with van der Waals surface area (Å²) in [5.41, 5.74) is 6.12. The zero-order valence-electron chi connectivity index (χ0n) is 6.89. The van der Waals surface area contributed by atoms with Gasteiger partial charge >= 0.3 is 0 Å². The Morgan fingerprint density at radius 1 is 1.23 bits per heavy atom. The number of nitrogens with two attached hydrogens (primary N) is 1. The zero-order valence-corrected chi connectivity index (χ0v) is 8.40. The number of anilines is 1. The molecular weight excluding hydrogens is 209 g/mol. The molecule has 1 fully saturated rings. The van der Waals surface area contributed by atoms with Crippen LogP contribution in [0.1, 0.15) is 12.8 Å². The molecule has 0 aliphatic heterocycles. The van der Waals surface area contributed by atoms with E-state index in [0.29, 0.717) is 27.6 Å². The lowest BCUT2D eigenvalue weighted by atomic mass is 10.3. The van der Waals surface area contributed by atoms with E-state index in [1.54, 1.807) is 12.1 Å². The van der Waals surface area contributed by atoms with Crippen LogP contribution >= 0.6 is 23.2 Å². The summed E-state index contributed by atoms with van der Waals surface area (Å²) in [5, 5.41) is 0.985. The SMILES string of the molecule is Nc1cc(OC2CC2)c(Cl)cc1Cl. The summed E-state index contributed by atoms with van der Waals surface area (Å²) in [7, 11) is 0. The highest BCUT2D eigenvalue weighted by atomic mass is 35.5. The highest BCUT2D eigenvalue weighted by molar-refractivity contribution is 6.37. The third-order valence-corrected chi connectivity index (χ3v) is 2.49. The number of halogens is 2. The van der Waals surface area contributed by atoms with E-state index in [9.17, 15) is 0 Å². The van der Waals surface area contributed by atoms with Crippen molar-refractivity contribution in [2.75, 3.05) is 5.73 Å². The number of rotatable bonds is 2. The molecule has 0 aromatic heterocycles. The molecule has 1 aliphatic rings. The fourth-order valence-corrected chi connectivity index (χ4v) is 1.43. The first-order valence-corrected chi connectivity index (χ1v) is 4.83. The monoisotopic (exact) mass is 217 g/mol. The van der Waals surface area contributed by atoms with Crippen molar-refractivity contribution in [1.29, 1.82) is 0 Å². The molecule has 70 valence electrons. The first kappa shape index (κ1) is 8.97. The highest BCUT2D eigenvalue weighted by Gasteiger charge is 2.24. The highest BCUT2D eigenvalue weighted by Crippen LogP contribution is 2.36. The van der Waals surface area contributed by atoms with Crippen LogP contribution in [0.3, 0.4) is 0 Å². The topological polar surface area (TPSA) is 35.2 Å². The summed E-state index contributed by atoms with van der Waals surface area (Å²) in [6, 6.07) is 3.28. The lowest BCUT2D eigenvalue weighted by molar-refractivity contribution is 0.303. The van der Waals surface area contributed by atoms with Crippen LogP contribution in [-0.4, -0.2) is 6.10 Å². The Morgan fingerprint density at radius 2 is 1.92 bits per heavy atom. The van der Waals surface area contributed by atoms with E-state index < -0.39 is 0 Å². The molecule has 0 radical (unpaired) electrons. The van der Waals surface area contributed by atoms with E-state index in [1.165, 1.54) is 0 Å². The van der Waals surface area contributed by atoms with Gasteiger partial charge in [0, 0.05) is 6.07 Å². The van der Waals surface area contributed by atoms with Gasteiger partial charge in [0.15, 0.2) is 0 Å². The molecular formula is C9H9Cl2NO. The second-order valence-corrected chi connectivity index (χ2v) is 3.94. The van der Waals surface area contributed by atoms with Gasteiger partial charge < -0.3 is 10.5 Å². The minimum Gasteiger partial charge on any atom is -0.489 e. The molecule has 1 aromatic rings. The van der Waals surface area contributed by atoms with Crippen LogP contribution in [0.25, 0.3) is 0 Å². The van der Waals surface area contributed by atoms with Crippen molar-refractivity contribution in [3.05, 3.63) is 22.2 Å². The summed E-state index contributed by atoms with van der Waals surface area (Å²) in [6.07, 6.45) is 2.51. The lowest BCUT2D eigenvalue weighted by Crippen LogP contribution is -1.97. The molecule has 1 aliphatic carbocycles. The average molecular weight is 218 g/mol. The van der Waals surface area contributed by atoms with Gasteiger partial charge in [0.1, 0.15) is 5.75 Å². The Morgan fingerprint density at radius 3 is 2.54 bits per heavy atom. The van der Waals surface area contributed by atoms with E-state index in [-0.39, 0.29) is 0 Å². The summed E-state index contributed by atoms with van der Waals surface area (Å²) < 4.78 is 5.52. The summed E-state index contributed by atoms with van der Waals surface area (Å²) in [6.45, 7) is 0. The fourth-order valence-electron chi connectivity index (χ4n) is 1.00. The minimum atomic E-state index is 0.318. The summed E-state index contributed by atoms with van der Waals surface area (Å²) in [5.74, 6) is 0.631. The largest absolute Gasteiger partial charge is 0.489 e. The third kappa shape index (κ3) is 2.01. The van der Waals surface area contributed by atoms with E-state index >= 15 is 0 Å². The van der Waals surface area contributed by atoms with Gasteiger partial charge in [-0.2, -0.15) is 0 Å². The molecule has 1 aromatic carbocycles. The molecule has 0 amide bonds. The van der Waals surface area contributed by atoms with Gasteiger partial charge in [0.05, 0.1) is 21.8 Å². The molecule has 2 N–H and O–H groups in total. The molecule has 0 heterocycles. The van der Waals surface area contributed by atoms with Gasteiger partial charge in [-0.15, -0.1) is 0 Å². The average Bonchev–Trinajstić information content (AvgIpc) is 2.84. The number of nitrogen functional groups attached to an aromatic ring is 1. The van der Waals surface area contributed by atoms with Crippen LogP contribution in [0, 0.1) is 0 Å². The van der Waals surface area contributed by atoms with Crippen molar-refractivity contribution in [2.45, 2.75) is 18.9 Å². The van der Waals surface area contributed by atoms with Crippen molar-refractivity contribution in [3.8, 4) is 5.75 Å². The smallest absolute Gasteiger partial charge is 0.140 e. The van der Waals surface area contributed by atoms with Crippen molar-refractivity contribution in [2.24, 2.45) is 0 Å². The van der Waals surface area contributed by atoms with E-state index in [2.05, 4.69) is 0 Å². The Kier molecular flexibility index (Phi) is 2.26. The van der Waals surface area contributed by atoms with Gasteiger partial charge in [-0.3, -0.25) is 0 Å². The molecule has 0 unspecified atom stereocenters. The molecule has 0 spiro atoms. The Balaban J connectivity index is 2.27. The minimum absolute atomic E-state index is 0.318. The molecule has 0 bridgehead atoms. The van der Waals surface area contributed by atoms with Gasteiger partial charge in [0.25, 0.3) is 0 Å². The van der Waals surface area contributed by atoms with Crippen molar-refractivity contribution in [1.82, 2.24) is 0 Å². The van der Waals surface area contributed by atoms with Crippen LogP contribution in [0.5, 0.6) is 5.75 Å². The molecule has 0 saturated heterocycles. The molecule has 2 nitrogen and oxygen atoms in total. The normalized spacial score (nSPS) is 15.8. The van der Waals surface area contributed by atoms with Crippen molar-refractivity contribution in [3.63, 3.8) is 0 Å². The van der Waals surface area contributed by atoms with Gasteiger partial charge in [0.2, 0.25) is 0 Å². The van der Waals surface area contributed by atoms with Crippen LogP contribution in [-0.2, 0) is 0 Å². The maximum Gasteiger partial charge on any atom is 0.140 e. The van der Waals surface area contributed by atoms with E-state index in [0.717, 1.165) is 12.8 Å². The first-order chi connectivity index (χ1) is 6.16. The van der Waals surface area contributed by atoms with Crippen molar-refractivity contribution >= 4 is 28.9 Å². The van der Waals surface area contributed by atoms with Crippen LogP contribution in [0.2, 0.25) is 10.0 Å². The first-order valence-electron chi connectivity index (χ1n) is 4.08. The predicted octanol–water partition coefficient (Wildman–Crippen LogP) is 3.12. The number of ether oxygens (including phenoxy) is 1. The molecule has 1 saturated carbocycles. The van der Waals surface area contributed by atoms with Crippen LogP contribution < -0.4 is 10.5 Å². The fraction of sp³-hybridized carbons (Fsp3) is 0.333. The van der Waals surface area contributed by atoms with Gasteiger partial charge in [-0.25, -0.2) is 0 Å². The van der Waals surface area contributed by atoms with Crippen LogP contribution in [0.15, 0.2) is 12.1 Å². The maximum atomic E-state index is 5.91. The third-order valence-electron chi connectivity index (χ3n) is 1.87. The number of hydrogen-bond donors (Lipinski definition) is 1.